The maximum absolute atomic E-state index is 9.96. The summed E-state index contributed by atoms with van der Waals surface area (Å²) in [5.74, 6) is -0.914. The number of hydrogen-bond donors (Lipinski definition) is 1. The Kier molecular flexibility index (Phi) is 14.1. The van der Waals surface area contributed by atoms with E-state index < -0.39 is 11.2 Å². The van der Waals surface area contributed by atoms with Gasteiger partial charge < -0.3 is 5.11 Å². The number of carbonyl (C=O) groups is 2. The predicted octanol–water partition coefficient (Wildman–Crippen LogP) is 3.09. The van der Waals surface area contributed by atoms with Crippen molar-refractivity contribution in [2.45, 2.75) is 13.8 Å². The Bertz CT molecular complexity index is 280. The van der Waals surface area contributed by atoms with E-state index in [0.717, 1.165) is 6.08 Å². The fraction of sp³-hybridized carbons (Fsp3) is 0.167. The molecular weight excluding hydrogens is 228 g/mol. The molecule has 4 heteroatoms. The Morgan fingerprint density at radius 1 is 0.938 bits per heavy atom. The van der Waals surface area contributed by atoms with Crippen LogP contribution in [-0.4, -0.2) is 16.3 Å². The molecule has 0 aliphatic carbocycles. The van der Waals surface area contributed by atoms with Crippen LogP contribution in [0.15, 0.2) is 48.6 Å². The zero-order valence-corrected chi connectivity index (χ0v) is 10.0. The van der Waals surface area contributed by atoms with Crippen molar-refractivity contribution in [3.63, 3.8) is 0 Å². The predicted molar refractivity (Wildman–Crippen MR) is 66.4 cm³/mol. The van der Waals surface area contributed by atoms with Gasteiger partial charge in [0, 0.05) is 6.08 Å². The third kappa shape index (κ3) is 22.8. The van der Waals surface area contributed by atoms with Gasteiger partial charge in [-0.1, -0.05) is 36.5 Å². The van der Waals surface area contributed by atoms with Gasteiger partial charge in [0.2, 0.25) is 5.24 Å². The molecule has 0 aromatic rings. The Morgan fingerprint density at radius 2 is 1.38 bits per heavy atom. The molecular formula is C12H15ClO3. The van der Waals surface area contributed by atoms with Gasteiger partial charge >= 0.3 is 5.97 Å². The Labute approximate surface area is 100 Å². The maximum atomic E-state index is 9.96. The van der Waals surface area contributed by atoms with Crippen LogP contribution < -0.4 is 0 Å². The van der Waals surface area contributed by atoms with Gasteiger partial charge in [0.25, 0.3) is 0 Å². The Balaban J connectivity index is 0. The lowest BCUT2D eigenvalue weighted by Crippen LogP contribution is -1.83. The number of hydrogen-bond acceptors (Lipinski definition) is 2. The highest BCUT2D eigenvalue weighted by Crippen LogP contribution is 1.82. The first kappa shape index (κ1) is 16.8. The zero-order valence-electron chi connectivity index (χ0n) is 9.26. The summed E-state index contributed by atoms with van der Waals surface area (Å²) < 4.78 is 0. The van der Waals surface area contributed by atoms with E-state index in [9.17, 15) is 9.59 Å². The largest absolute Gasteiger partial charge is 0.478 e. The van der Waals surface area contributed by atoms with Gasteiger partial charge in [-0.15, -0.1) is 0 Å². The van der Waals surface area contributed by atoms with Crippen LogP contribution in [0.1, 0.15) is 13.8 Å². The minimum Gasteiger partial charge on any atom is -0.478 e. The number of allylic oxidation sites excluding steroid dienone is 7. The van der Waals surface area contributed by atoms with Gasteiger partial charge in [0.05, 0.1) is 0 Å². The molecule has 16 heavy (non-hydrogen) atoms. The second-order valence-electron chi connectivity index (χ2n) is 2.41. The highest BCUT2D eigenvalue weighted by molar-refractivity contribution is 6.66. The molecule has 0 saturated heterocycles. The molecule has 0 aromatic carbocycles. The van der Waals surface area contributed by atoms with Crippen LogP contribution in [0.4, 0.5) is 0 Å². The number of halogens is 1. The van der Waals surface area contributed by atoms with E-state index in [1.165, 1.54) is 12.2 Å². The minimum atomic E-state index is -0.914. The van der Waals surface area contributed by atoms with Crippen molar-refractivity contribution in [3.05, 3.63) is 48.6 Å². The van der Waals surface area contributed by atoms with Gasteiger partial charge in [-0.2, -0.15) is 0 Å². The molecule has 0 fully saturated rings. The van der Waals surface area contributed by atoms with Gasteiger partial charge in [0.1, 0.15) is 0 Å². The Morgan fingerprint density at radius 3 is 1.69 bits per heavy atom. The summed E-state index contributed by atoms with van der Waals surface area (Å²) in [6, 6.07) is 0. The van der Waals surface area contributed by atoms with E-state index in [0.29, 0.717) is 0 Å². The molecule has 0 amide bonds. The highest BCUT2D eigenvalue weighted by atomic mass is 35.5. The average molecular weight is 243 g/mol. The van der Waals surface area contributed by atoms with Crippen LogP contribution in [0.25, 0.3) is 0 Å². The van der Waals surface area contributed by atoms with E-state index in [4.69, 9.17) is 16.7 Å². The van der Waals surface area contributed by atoms with E-state index in [-0.39, 0.29) is 0 Å². The van der Waals surface area contributed by atoms with Crippen LogP contribution in [-0.2, 0) is 9.59 Å². The summed E-state index contributed by atoms with van der Waals surface area (Å²) in [5.41, 5.74) is 0. The summed E-state index contributed by atoms with van der Waals surface area (Å²) in [4.78, 5) is 19.7. The van der Waals surface area contributed by atoms with Crippen LogP contribution >= 0.6 is 11.6 Å². The van der Waals surface area contributed by atoms with Gasteiger partial charge in [-0.05, 0) is 31.5 Å². The van der Waals surface area contributed by atoms with E-state index in [2.05, 4.69) is 0 Å². The smallest absolute Gasteiger partial charge is 0.328 e. The molecule has 0 spiro atoms. The van der Waals surface area contributed by atoms with Crippen molar-refractivity contribution in [1.29, 1.82) is 0 Å². The Hall–Kier alpha value is -1.61. The first-order chi connectivity index (χ1) is 7.54. The second kappa shape index (κ2) is 13.4. The highest BCUT2D eigenvalue weighted by Gasteiger charge is 1.79. The molecule has 0 bridgehead atoms. The van der Waals surface area contributed by atoms with E-state index in [1.807, 2.05) is 19.9 Å². The summed E-state index contributed by atoms with van der Waals surface area (Å²) >= 11 is 4.95. The fourth-order valence-electron chi connectivity index (χ4n) is 0.491. The van der Waals surface area contributed by atoms with Crippen molar-refractivity contribution in [2.75, 3.05) is 0 Å². The van der Waals surface area contributed by atoms with Crippen molar-refractivity contribution in [3.8, 4) is 0 Å². The number of carboxylic acids is 1. The molecule has 0 aliphatic heterocycles. The average Bonchev–Trinajstić information content (AvgIpc) is 2.18. The lowest BCUT2D eigenvalue weighted by Gasteiger charge is -1.72. The zero-order chi connectivity index (χ0) is 12.8. The molecule has 0 aromatic heterocycles. The lowest BCUT2D eigenvalue weighted by atomic mass is 10.4. The molecule has 0 heterocycles. The number of aliphatic carboxylic acids is 1. The first-order valence-electron chi connectivity index (χ1n) is 4.55. The topological polar surface area (TPSA) is 54.4 Å². The number of rotatable bonds is 4. The summed E-state index contributed by atoms with van der Waals surface area (Å²) in [5, 5.41) is 7.58. The molecule has 0 saturated carbocycles. The lowest BCUT2D eigenvalue weighted by molar-refractivity contribution is -0.131. The normalized spacial score (nSPS) is 11.2. The molecule has 0 unspecified atom stereocenters. The quantitative estimate of drug-likeness (QED) is 0.468. The SMILES string of the molecule is C/C=C/C=C/C(=O)Cl.C/C=C/C=C/C(=O)O. The third-order valence-corrected chi connectivity index (χ3v) is 1.20. The molecule has 0 atom stereocenters. The summed E-state index contributed by atoms with van der Waals surface area (Å²) in [7, 11) is 0. The summed E-state index contributed by atoms with van der Waals surface area (Å²) in [6.45, 7) is 3.69. The maximum Gasteiger partial charge on any atom is 0.328 e. The van der Waals surface area contributed by atoms with Crippen molar-refractivity contribution >= 4 is 22.8 Å². The molecule has 0 rings (SSSR count). The number of carboxylic acid groups (broad SMARTS) is 1. The summed E-state index contributed by atoms with van der Waals surface area (Å²) in [6.07, 6.45) is 12.4. The van der Waals surface area contributed by atoms with E-state index in [1.54, 1.807) is 24.3 Å². The molecule has 0 radical (unpaired) electrons. The van der Waals surface area contributed by atoms with Gasteiger partial charge in [-0.25, -0.2) is 4.79 Å². The van der Waals surface area contributed by atoms with Gasteiger partial charge in [0.15, 0.2) is 0 Å². The fourth-order valence-corrected chi connectivity index (χ4v) is 0.564. The van der Waals surface area contributed by atoms with Crippen molar-refractivity contribution in [1.82, 2.24) is 0 Å². The van der Waals surface area contributed by atoms with Crippen LogP contribution in [0.5, 0.6) is 0 Å². The standard InChI is InChI=1S/C6H7ClO.C6H8O2/c2*1-2-3-4-5-6(7)8/h2-5H,1H3;2-5H,1H3,(H,7,8)/b2*3-2+,5-4+. The first-order valence-corrected chi connectivity index (χ1v) is 4.93. The van der Waals surface area contributed by atoms with Gasteiger partial charge in [-0.3, -0.25) is 4.79 Å². The van der Waals surface area contributed by atoms with Crippen LogP contribution in [0.3, 0.4) is 0 Å². The van der Waals surface area contributed by atoms with Crippen LogP contribution in [0.2, 0.25) is 0 Å². The van der Waals surface area contributed by atoms with Crippen LogP contribution in [0, 0.1) is 0 Å². The monoisotopic (exact) mass is 242 g/mol. The third-order valence-electron chi connectivity index (χ3n) is 1.07. The molecule has 1 N–H and O–H groups in total. The van der Waals surface area contributed by atoms with E-state index >= 15 is 0 Å². The second-order valence-corrected chi connectivity index (χ2v) is 2.78. The minimum absolute atomic E-state index is 0.442. The van der Waals surface area contributed by atoms with Crippen molar-refractivity contribution < 1.29 is 14.7 Å². The molecule has 88 valence electrons. The number of carbonyl (C=O) groups excluding carboxylic acids is 1. The van der Waals surface area contributed by atoms with Crippen molar-refractivity contribution in [2.24, 2.45) is 0 Å². The molecule has 3 nitrogen and oxygen atoms in total. The molecule has 0 aliphatic rings.